The molecule has 0 aliphatic heterocycles. The van der Waals surface area contributed by atoms with E-state index in [1.54, 1.807) is 0 Å². The first-order valence-electron chi connectivity index (χ1n) is 12.1. The highest BCUT2D eigenvalue weighted by Gasteiger charge is 2.10. The van der Waals surface area contributed by atoms with Crippen molar-refractivity contribution in [3.63, 3.8) is 0 Å². The van der Waals surface area contributed by atoms with Crippen LogP contribution < -0.4 is 0 Å². The van der Waals surface area contributed by atoms with Gasteiger partial charge < -0.3 is 9.30 Å². The molecule has 3 heterocycles. The molecule has 31 heavy (non-hydrogen) atoms. The Bertz CT molecular complexity index is 877. The molecule has 0 atom stereocenters. The van der Waals surface area contributed by atoms with Crippen LogP contribution in [0.1, 0.15) is 85.0 Å². The first-order chi connectivity index (χ1) is 15.0. The largest absolute Gasteiger partial charge is 0.361 e. The lowest BCUT2D eigenvalue weighted by molar-refractivity contribution is 0.0763. The summed E-state index contributed by atoms with van der Waals surface area (Å²) in [6.45, 7) is 8.39. The van der Waals surface area contributed by atoms with Crippen LogP contribution in [0, 0.1) is 5.41 Å². The molecule has 0 amide bonds. The SMILES string of the molecule is CC(C)(C)CCCCCCCCCCCOCn1ccc2c(-c3cn[nH]c3)ccnc21. The zero-order chi connectivity index (χ0) is 21.9. The molecule has 0 radical (unpaired) electrons. The maximum atomic E-state index is 5.92. The van der Waals surface area contributed by atoms with E-state index in [9.17, 15) is 0 Å². The summed E-state index contributed by atoms with van der Waals surface area (Å²) in [5.74, 6) is 0. The quantitative estimate of drug-likeness (QED) is 0.275. The lowest BCUT2D eigenvalue weighted by Crippen LogP contribution is -2.03. The highest BCUT2D eigenvalue weighted by atomic mass is 16.5. The molecular weight excluding hydrogens is 384 g/mol. The van der Waals surface area contributed by atoms with Crippen LogP contribution >= 0.6 is 0 Å². The molecule has 0 unspecified atom stereocenters. The molecule has 0 aliphatic carbocycles. The number of ether oxygens (including phenoxy) is 1. The van der Waals surface area contributed by atoms with Crippen molar-refractivity contribution in [2.45, 2.75) is 91.7 Å². The van der Waals surface area contributed by atoms with E-state index in [1.165, 1.54) is 57.8 Å². The standard InChI is InChI=1S/C26H40N4O/c1-26(2,3)15-11-9-7-5-4-6-8-10-12-18-31-21-30-17-14-24-23(13-16-27-25(24)30)22-19-28-29-20-22/h13-14,16-17,19-20H,4-12,15,18,21H2,1-3H3,(H,28,29). The molecule has 0 aromatic carbocycles. The van der Waals surface area contributed by atoms with Gasteiger partial charge >= 0.3 is 0 Å². The number of nitrogens with zero attached hydrogens (tertiary/aromatic N) is 3. The normalized spacial score (nSPS) is 12.1. The van der Waals surface area contributed by atoms with E-state index in [1.807, 2.05) is 24.7 Å². The van der Waals surface area contributed by atoms with Crippen molar-refractivity contribution in [2.24, 2.45) is 5.41 Å². The van der Waals surface area contributed by atoms with Crippen molar-refractivity contribution in [1.29, 1.82) is 0 Å². The molecule has 1 N–H and O–H groups in total. The molecule has 5 heteroatoms. The second-order valence-electron chi connectivity index (χ2n) is 9.90. The van der Waals surface area contributed by atoms with Crippen LogP contribution in [-0.4, -0.2) is 26.4 Å². The van der Waals surface area contributed by atoms with Gasteiger partial charge in [0.15, 0.2) is 0 Å². The number of aromatic nitrogens is 4. The van der Waals surface area contributed by atoms with Crippen molar-refractivity contribution >= 4 is 11.0 Å². The van der Waals surface area contributed by atoms with Gasteiger partial charge in [-0.2, -0.15) is 5.10 Å². The summed E-state index contributed by atoms with van der Waals surface area (Å²) >= 11 is 0. The third-order valence-electron chi connectivity index (χ3n) is 5.92. The number of unbranched alkanes of at least 4 members (excludes halogenated alkanes) is 8. The van der Waals surface area contributed by atoms with Gasteiger partial charge in [0.05, 0.1) is 6.20 Å². The third-order valence-corrected chi connectivity index (χ3v) is 5.92. The zero-order valence-electron chi connectivity index (χ0n) is 19.7. The number of pyridine rings is 1. The molecule has 3 aromatic heterocycles. The van der Waals surface area contributed by atoms with Crippen molar-refractivity contribution in [1.82, 2.24) is 19.7 Å². The lowest BCUT2D eigenvalue weighted by Gasteiger charge is -2.17. The van der Waals surface area contributed by atoms with Gasteiger partial charge in [-0.05, 0) is 36.0 Å². The lowest BCUT2D eigenvalue weighted by atomic mass is 9.89. The molecule has 0 saturated heterocycles. The number of rotatable bonds is 14. The summed E-state index contributed by atoms with van der Waals surface area (Å²) in [7, 11) is 0. The van der Waals surface area contributed by atoms with Crippen LogP contribution in [0.3, 0.4) is 0 Å². The van der Waals surface area contributed by atoms with Gasteiger partial charge in [0.2, 0.25) is 0 Å². The van der Waals surface area contributed by atoms with E-state index in [0.717, 1.165) is 35.2 Å². The monoisotopic (exact) mass is 424 g/mol. The Labute approximate surface area is 187 Å². The molecule has 0 spiro atoms. The molecule has 0 saturated carbocycles. The van der Waals surface area contributed by atoms with E-state index in [0.29, 0.717) is 12.1 Å². The number of nitrogens with one attached hydrogen (secondary N) is 1. The minimum Gasteiger partial charge on any atom is -0.361 e. The summed E-state index contributed by atoms with van der Waals surface area (Å²) in [5.41, 5.74) is 3.68. The van der Waals surface area contributed by atoms with E-state index in [-0.39, 0.29) is 0 Å². The van der Waals surface area contributed by atoms with Gasteiger partial charge in [-0.15, -0.1) is 0 Å². The third kappa shape index (κ3) is 7.80. The van der Waals surface area contributed by atoms with Crippen LogP contribution in [0.25, 0.3) is 22.2 Å². The number of hydrogen-bond acceptors (Lipinski definition) is 3. The number of H-pyrrole nitrogens is 1. The molecule has 3 rings (SSSR count). The molecule has 170 valence electrons. The maximum absolute atomic E-state index is 5.92. The zero-order valence-corrected chi connectivity index (χ0v) is 19.7. The summed E-state index contributed by atoms with van der Waals surface area (Å²) in [5, 5.41) is 8.07. The van der Waals surface area contributed by atoms with Crippen LogP contribution in [0.2, 0.25) is 0 Å². The Morgan fingerprint density at radius 3 is 2.32 bits per heavy atom. The smallest absolute Gasteiger partial charge is 0.142 e. The topological polar surface area (TPSA) is 55.7 Å². The fourth-order valence-electron chi connectivity index (χ4n) is 4.10. The molecule has 3 aromatic rings. The van der Waals surface area contributed by atoms with Gasteiger partial charge in [0.25, 0.3) is 0 Å². The maximum Gasteiger partial charge on any atom is 0.142 e. The van der Waals surface area contributed by atoms with Crippen LogP contribution in [-0.2, 0) is 11.5 Å². The summed E-state index contributed by atoms with van der Waals surface area (Å²) in [6, 6.07) is 4.14. The average molecular weight is 425 g/mol. The summed E-state index contributed by atoms with van der Waals surface area (Å²) < 4.78 is 8.00. The molecular formula is C26H40N4O. The Kier molecular flexibility index (Phi) is 9.13. The average Bonchev–Trinajstić information content (AvgIpc) is 3.41. The number of hydrogen-bond donors (Lipinski definition) is 1. The Balaban J connectivity index is 1.24. The number of fused-ring (bicyclic) bond motifs is 1. The molecule has 0 aliphatic rings. The minimum atomic E-state index is 0.496. The van der Waals surface area contributed by atoms with Gasteiger partial charge in [0, 0.05) is 36.1 Å². The van der Waals surface area contributed by atoms with Crippen molar-refractivity contribution in [3.05, 3.63) is 36.9 Å². The molecule has 0 bridgehead atoms. The van der Waals surface area contributed by atoms with Gasteiger partial charge in [0.1, 0.15) is 12.4 Å². The minimum absolute atomic E-state index is 0.496. The highest BCUT2D eigenvalue weighted by Crippen LogP contribution is 2.27. The fourth-order valence-corrected chi connectivity index (χ4v) is 4.10. The second kappa shape index (κ2) is 12.0. The van der Waals surface area contributed by atoms with Gasteiger partial charge in [-0.1, -0.05) is 72.1 Å². The van der Waals surface area contributed by atoms with Gasteiger partial charge in [-0.3, -0.25) is 5.10 Å². The summed E-state index contributed by atoms with van der Waals surface area (Å²) in [4.78, 5) is 4.55. The Hall–Kier alpha value is -2.14. The molecule has 0 fully saturated rings. The second-order valence-corrected chi connectivity index (χ2v) is 9.90. The number of aromatic amines is 1. The predicted octanol–water partition coefficient (Wildman–Crippen LogP) is 7.35. The van der Waals surface area contributed by atoms with Crippen LogP contribution in [0.4, 0.5) is 0 Å². The van der Waals surface area contributed by atoms with Crippen LogP contribution in [0.5, 0.6) is 0 Å². The van der Waals surface area contributed by atoms with Crippen LogP contribution in [0.15, 0.2) is 36.9 Å². The van der Waals surface area contributed by atoms with E-state index in [4.69, 9.17) is 4.74 Å². The van der Waals surface area contributed by atoms with Gasteiger partial charge in [-0.25, -0.2) is 4.98 Å². The fraction of sp³-hybridized carbons (Fsp3) is 0.615. The van der Waals surface area contributed by atoms with Crippen molar-refractivity contribution in [3.8, 4) is 11.1 Å². The van der Waals surface area contributed by atoms with E-state index < -0.39 is 0 Å². The highest BCUT2D eigenvalue weighted by molar-refractivity contribution is 5.92. The molecule has 5 nitrogen and oxygen atoms in total. The first-order valence-corrected chi connectivity index (χ1v) is 12.1. The first kappa shape index (κ1) is 23.5. The van der Waals surface area contributed by atoms with E-state index >= 15 is 0 Å². The van der Waals surface area contributed by atoms with E-state index in [2.05, 4.69) is 52.8 Å². The predicted molar refractivity (Wildman–Crippen MR) is 129 cm³/mol. The van der Waals surface area contributed by atoms with Crippen molar-refractivity contribution in [2.75, 3.05) is 6.61 Å². The van der Waals surface area contributed by atoms with Crippen molar-refractivity contribution < 1.29 is 4.74 Å². The Morgan fingerprint density at radius 2 is 1.65 bits per heavy atom. The summed E-state index contributed by atoms with van der Waals surface area (Å²) in [6.07, 6.45) is 21.1. The Morgan fingerprint density at radius 1 is 0.935 bits per heavy atom.